The van der Waals surface area contributed by atoms with E-state index in [4.69, 9.17) is 9.52 Å². The van der Waals surface area contributed by atoms with Gasteiger partial charge in [0.2, 0.25) is 0 Å². The van der Waals surface area contributed by atoms with Crippen LogP contribution < -0.4 is 0 Å². The Labute approximate surface area is 113 Å². The quantitative estimate of drug-likeness (QED) is 0.842. The van der Waals surface area contributed by atoms with E-state index >= 15 is 0 Å². The predicted octanol–water partition coefficient (Wildman–Crippen LogP) is 1.25. The van der Waals surface area contributed by atoms with Gasteiger partial charge in [-0.2, -0.15) is 11.8 Å². The molecule has 18 heavy (non-hydrogen) atoms. The Morgan fingerprint density at radius 1 is 1.17 bits per heavy atom. The van der Waals surface area contributed by atoms with Crippen molar-refractivity contribution in [2.75, 3.05) is 44.7 Å². The lowest BCUT2D eigenvalue weighted by Gasteiger charge is -2.34. The highest BCUT2D eigenvalue weighted by molar-refractivity contribution is 7.98. The Hall–Kier alpha value is -0.490. The van der Waals surface area contributed by atoms with Gasteiger partial charge in [-0.3, -0.25) is 9.80 Å². The zero-order valence-electron chi connectivity index (χ0n) is 11.0. The molecule has 0 aromatic carbocycles. The number of aliphatic hydroxyl groups excluding tert-OH is 1. The van der Waals surface area contributed by atoms with Crippen LogP contribution in [-0.4, -0.2) is 59.6 Å². The summed E-state index contributed by atoms with van der Waals surface area (Å²) >= 11 is 1.91. The lowest BCUT2D eigenvalue weighted by Crippen LogP contribution is -2.46. The first-order valence-electron chi connectivity index (χ1n) is 6.44. The van der Waals surface area contributed by atoms with Crippen LogP contribution in [0.2, 0.25) is 0 Å². The van der Waals surface area contributed by atoms with Gasteiger partial charge in [0.15, 0.2) is 0 Å². The van der Waals surface area contributed by atoms with Crippen molar-refractivity contribution in [1.29, 1.82) is 0 Å². The zero-order chi connectivity index (χ0) is 12.8. The molecule has 0 amide bonds. The van der Waals surface area contributed by atoms with E-state index in [9.17, 15) is 0 Å². The molecule has 2 rings (SSSR count). The van der Waals surface area contributed by atoms with Crippen LogP contribution in [0.3, 0.4) is 0 Å². The van der Waals surface area contributed by atoms with Crippen LogP contribution in [0.4, 0.5) is 0 Å². The maximum absolute atomic E-state index is 8.96. The van der Waals surface area contributed by atoms with Gasteiger partial charge < -0.3 is 9.52 Å². The van der Waals surface area contributed by atoms with Gasteiger partial charge in [-0.25, -0.2) is 0 Å². The first-order valence-corrected chi connectivity index (χ1v) is 7.83. The number of thioether (sulfide) groups is 1. The summed E-state index contributed by atoms with van der Waals surface area (Å²) in [5.74, 6) is 2.83. The average molecular weight is 270 g/mol. The van der Waals surface area contributed by atoms with E-state index in [1.807, 2.05) is 23.9 Å². The molecule has 0 saturated carbocycles. The van der Waals surface area contributed by atoms with Gasteiger partial charge in [0, 0.05) is 38.5 Å². The minimum absolute atomic E-state index is 0.0114. The summed E-state index contributed by atoms with van der Waals surface area (Å²) in [4.78, 5) is 4.93. The average Bonchev–Trinajstić information content (AvgIpc) is 2.86. The Bertz CT molecular complexity index is 349. The van der Waals surface area contributed by atoms with Crippen molar-refractivity contribution >= 4 is 11.8 Å². The number of piperazine rings is 1. The highest BCUT2D eigenvalue weighted by Gasteiger charge is 2.17. The molecule has 1 aliphatic heterocycles. The summed E-state index contributed by atoms with van der Waals surface area (Å²) < 4.78 is 5.52. The van der Waals surface area contributed by atoms with E-state index in [1.54, 1.807) is 0 Å². The summed E-state index contributed by atoms with van der Waals surface area (Å²) in [7, 11) is 0. The molecule has 102 valence electrons. The van der Waals surface area contributed by atoms with Crippen molar-refractivity contribution in [2.24, 2.45) is 0 Å². The van der Waals surface area contributed by atoms with Gasteiger partial charge in [-0.1, -0.05) is 0 Å². The number of hydrogen-bond acceptors (Lipinski definition) is 5. The monoisotopic (exact) mass is 270 g/mol. The molecule has 2 heterocycles. The Morgan fingerprint density at radius 2 is 1.83 bits per heavy atom. The fourth-order valence-electron chi connectivity index (χ4n) is 2.20. The van der Waals surface area contributed by atoms with Gasteiger partial charge in [0.25, 0.3) is 0 Å². The van der Waals surface area contributed by atoms with Gasteiger partial charge >= 0.3 is 0 Å². The smallest absolute Gasteiger partial charge is 0.129 e. The second-order valence-electron chi connectivity index (χ2n) is 4.64. The number of aliphatic hydroxyl groups is 1. The highest BCUT2D eigenvalue weighted by Crippen LogP contribution is 2.12. The van der Waals surface area contributed by atoms with E-state index in [2.05, 4.69) is 16.1 Å². The fourth-order valence-corrected chi connectivity index (χ4v) is 2.64. The highest BCUT2D eigenvalue weighted by atomic mass is 32.2. The summed E-state index contributed by atoms with van der Waals surface area (Å²) in [5.41, 5.74) is 0. The molecule has 0 bridgehead atoms. The van der Waals surface area contributed by atoms with Gasteiger partial charge in [0.1, 0.15) is 18.1 Å². The lowest BCUT2D eigenvalue weighted by atomic mass is 10.3. The fraction of sp³-hybridized carbons (Fsp3) is 0.692. The van der Waals surface area contributed by atoms with Crippen LogP contribution in [0.15, 0.2) is 16.5 Å². The van der Waals surface area contributed by atoms with E-state index in [1.165, 1.54) is 12.3 Å². The molecule has 5 heteroatoms. The standard InChI is InChI=1S/C13H22N2O2S/c1-18-9-8-14-4-6-15(7-5-14)10-12-2-3-13(11-16)17-12/h2-3,16H,4-11H2,1H3. The number of rotatable bonds is 6. The molecule has 0 spiro atoms. The lowest BCUT2D eigenvalue weighted by molar-refractivity contribution is 0.124. The first-order chi connectivity index (χ1) is 8.81. The maximum atomic E-state index is 8.96. The van der Waals surface area contributed by atoms with Crippen molar-refractivity contribution in [1.82, 2.24) is 9.80 Å². The molecule has 0 aliphatic carbocycles. The molecular formula is C13H22N2O2S. The molecular weight excluding hydrogens is 248 g/mol. The van der Waals surface area contributed by atoms with Crippen LogP contribution in [0.25, 0.3) is 0 Å². The summed E-state index contributed by atoms with van der Waals surface area (Å²) in [6.07, 6.45) is 2.16. The number of furan rings is 1. The normalized spacial score (nSPS) is 18.3. The molecule has 1 saturated heterocycles. The first kappa shape index (κ1) is 13.9. The summed E-state index contributed by atoms with van der Waals surface area (Å²) in [5, 5.41) is 8.96. The minimum Gasteiger partial charge on any atom is -0.462 e. The van der Waals surface area contributed by atoms with E-state index in [-0.39, 0.29) is 6.61 Å². The molecule has 0 unspecified atom stereocenters. The predicted molar refractivity (Wildman–Crippen MR) is 74.7 cm³/mol. The Kier molecular flexibility index (Phi) is 5.56. The molecule has 0 atom stereocenters. The van der Waals surface area contributed by atoms with Crippen LogP contribution >= 0.6 is 11.8 Å². The summed E-state index contributed by atoms with van der Waals surface area (Å²) in [6, 6.07) is 3.82. The number of nitrogens with zero attached hydrogens (tertiary/aromatic N) is 2. The third-order valence-corrected chi connectivity index (χ3v) is 3.92. The molecule has 4 nitrogen and oxygen atoms in total. The largest absolute Gasteiger partial charge is 0.462 e. The van der Waals surface area contributed by atoms with Crippen molar-refractivity contribution in [3.8, 4) is 0 Å². The van der Waals surface area contributed by atoms with E-state index < -0.39 is 0 Å². The second-order valence-corrected chi connectivity index (χ2v) is 5.62. The molecule has 1 aromatic rings. The van der Waals surface area contributed by atoms with Crippen molar-refractivity contribution in [3.63, 3.8) is 0 Å². The molecule has 1 aromatic heterocycles. The second kappa shape index (κ2) is 7.19. The van der Waals surface area contributed by atoms with Crippen LogP contribution in [0.5, 0.6) is 0 Å². The molecule has 1 aliphatic rings. The van der Waals surface area contributed by atoms with Crippen molar-refractivity contribution < 1.29 is 9.52 Å². The van der Waals surface area contributed by atoms with Crippen molar-refractivity contribution in [2.45, 2.75) is 13.2 Å². The van der Waals surface area contributed by atoms with Crippen LogP contribution in [0, 0.1) is 0 Å². The van der Waals surface area contributed by atoms with E-state index in [0.29, 0.717) is 5.76 Å². The topological polar surface area (TPSA) is 39.9 Å². The maximum Gasteiger partial charge on any atom is 0.129 e. The van der Waals surface area contributed by atoms with Crippen LogP contribution in [0.1, 0.15) is 11.5 Å². The van der Waals surface area contributed by atoms with Gasteiger partial charge in [-0.15, -0.1) is 0 Å². The third-order valence-electron chi connectivity index (χ3n) is 3.33. The number of hydrogen-bond donors (Lipinski definition) is 1. The molecule has 1 fully saturated rings. The summed E-state index contributed by atoms with van der Waals surface area (Å²) in [6.45, 7) is 6.54. The van der Waals surface area contributed by atoms with Gasteiger partial charge in [-0.05, 0) is 18.4 Å². The van der Waals surface area contributed by atoms with E-state index in [0.717, 1.165) is 38.5 Å². The Balaban J connectivity index is 1.73. The molecule has 0 radical (unpaired) electrons. The minimum atomic E-state index is -0.0114. The molecule has 1 N–H and O–H groups in total. The third kappa shape index (κ3) is 4.02. The Morgan fingerprint density at radius 3 is 2.44 bits per heavy atom. The van der Waals surface area contributed by atoms with Gasteiger partial charge in [0.05, 0.1) is 6.54 Å². The SMILES string of the molecule is CSCCN1CCN(Cc2ccc(CO)o2)CC1. The van der Waals surface area contributed by atoms with Crippen LogP contribution in [-0.2, 0) is 13.2 Å². The zero-order valence-corrected chi connectivity index (χ0v) is 11.8. The van der Waals surface area contributed by atoms with Crippen molar-refractivity contribution in [3.05, 3.63) is 23.7 Å².